The van der Waals surface area contributed by atoms with Crippen LogP contribution in [0.15, 0.2) is 47.4 Å². The predicted molar refractivity (Wildman–Crippen MR) is 103 cm³/mol. The van der Waals surface area contributed by atoms with Crippen molar-refractivity contribution in [3.8, 4) is 0 Å². The van der Waals surface area contributed by atoms with Crippen molar-refractivity contribution in [1.82, 2.24) is 4.31 Å². The van der Waals surface area contributed by atoms with E-state index in [4.69, 9.17) is 0 Å². The minimum absolute atomic E-state index is 0.0247. The molecule has 1 amide bonds. The molecule has 0 radical (unpaired) electrons. The van der Waals surface area contributed by atoms with Gasteiger partial charge in [-0.25, -0.2) is 8.42 Å². The lowest BCUT2D eigenvalue weighted by atomic mass is 10.1. The van der Waals surface area contributed by atoms with Crippen LogP contribution in [0.3, 0.4) is 0 Å². The molecule has 1 atom stereocenters. The van der Waals surface area contributed by atoms with Gasteiger partial charge in [-0.05, 0) is 56.0 Å². The molecule has 3 rings (SSSR count). The lowest BCUT2D eigenvalue weighted by molar-refractivity contribution is -0.118. The summed E-state index contributed by atoms with van der Waals surface area (Å²) in [5.74, 6) is -0.209. The van der Waals surface area contributed by atoms with Gasteiger partial charge in [0.2, 0.25) is 15.9 Å². The lowest BCUT2D eigenvalue weighted by Crippen LogP contribution is -2.43. The van der Waals surface area contributed by atoms with E-state index in [1.54, 1.807) is 24.0 Å². The first-order chi connectivity index (χ1) is 12.2. The molecule has 0 aromatic heterocycles. The maximum atomic E-state index is 12.9. The Bertz CT molecular complexity index is 953. The summed E-state index contributed by atoms with van der Waals surface area (Å²) in [6, 6.07) is 13.1. The zero-order valence-corrected chi connectivity index (χ0v) is 16.4. The van der Waals surface area contributed by atoms with Crippen molar-refractivity contribution in [2.24, 2.45) is 0 Å². The van der Waals surface area contributed by atoms with Crippen LogP contribution in [0.25, 0.3) is 0 Å². The number of rotatable bonds is 4. The van der Waals surface area contributed by atoms with Crippen LogP contribution in [0.5, 0.6) is 0 Å². The number of fused-ring (bicyclic) bond motifs is 1. The molecule has 1 unspecified atom stereocenters. The summed E-state index contributed by atoms with van der Waals surface area (Å²) in [6.45, 7) is 5.42. The third kappa shape index (κ3) is 3.27. The standard InChI is InChI=1S/C20H24N2O3S/c1-14-9-10-15(2)19(11-14)26(24,25)21(4)13-20(23)22-16(3)12-17-7-5-6-8-18(17)22/h5-11,16H,12-13H2,1-4H3. The zero-order valence-electron chi connectivity index (χ0n) is 15.6. The Morgan fingerprint density at radius 3 is 2.62 bits per heavy atom. The predicted octanol–water partition coefficient (Wildman–Crippen LogP) is 2.90. The van der Waals surface area contributed by atoms with Crippen LogP contribution in [-0.4, -0.2) is 38.3 Å². The maximum absolute atomic E-state index is 12.9. The van der Waals surface area contributed by atoms with Crippen molar-refractivity contribution in [2.45, 2.75) is 38.1 Å². The van der Waals surface area contributed by atoms with Crippen molar-refractivity contribution >= 4 is 21.6 Å². The fourth-order valence-corrected chi connectivity index (χ4v) is 4.88. The number of sulfonamides is 1. The van der Waals surface area contributed by atoms with E-state index in [1.165, 1.54) is 7.05 Å². The van der Waals surface area contributed by atoms with Gasteiger partial charge < -0.3 is 4.90 Å². The average Bonchev–Trinajstić information content (AvgIpc) is 2.92. The number of anilines is 1. The molecule has 138 valence electrons. The van der Waals surface area contributed by atoms with E-state index in [2.05, 4.69) is 0 Å². The third-order valence-electron chi connectivity index (χ3n) is 4.87. The van der Waals surface area contributed by atoms with Crippen molar-refractivity contribution < 1.29 is 13.2 Å². The number of nitrogens with zero attached hydrogens (tertiary/aromatic N) is 2. The summed E-state index contributed by atoms with van der Waals surface area (Å²) in [5, 5.41) is 0. The van der Waals surface area contributed by atoms with Gasteiger partial charge in [-0.2, -0.15) is 4.31 Å². The van der Waals surface area contributed by atoms with Crippen LogP contribution < -0.4 is 4.90 Å². The fraction of sp³-hybridized carbons (Fsp3) is 0.350. The van der Waals surface area contributed by atoms with E-state index in [1.807, 2.05) is 44.2 Å². The molecular weight excluding hydrogens is 348 g/mol. The number of carbonyl (C=O) groups excluding carboxylic acids is 1. The summed E-state index contributed by atoms with van der Waals surface area (Å²) in [4.78, 5) is 14.8. The number of amides is 1. The molecule has 0 saturated carbocycles. The molecule has 6 heteroatoms. The zero-order chi connectivity index (χ0) is 19.1. The van der Waals surface area contributed by atoms with Gasteiger partial charge in [0.15, 0.2) is 0 Å². The highest BCUT2D eigenvalue weighted by molar-refractivity contribution is 7.89. The van der Waals surface area contributed by atoms with E-state index in [-0.39, 0.29) is 23.4 Å². The Morgan fingerprint density at radius 1 is 1.19 bits per heavy atom. The van der Waals surface area contributed by atoms with Crippen molar-refractivity contribution in [1.29, 1.82) is 0 Å². The number of para-hydroxylation sites is 1. The first kappa shape index (κ1) is 18.6. The Kier molecular flexibility index (Phi) is 4.90. The summed E-state index contributed by atoms with van der Waals surface area (Å²) >= 11 is 0. The second kappa shape index (κ2) is 6.85. The van der Waals surface area contributed by atoms with Crippen LogP contribution in [-0.2, 0) is 21.2 Å². The smallest absolute Gasteiger partial charge is 0.243 e. The largest absolute Gasteiger partial charge is 0.308 e. The number of likely N-dealkylation sites (N-methyl/N-ethyl adjacent to an activating group) is 1. The van der Waals surface area contributed by atoms with Gasteiger partial charge in [-0.3, -0.25) is 4.79 Å². The number of carbonyl (C=O) groups is 1. The number of aryl methyl sites for hydroxylation is 2. The molecule has 0 aliphatic carbocycles. The highest BCUT2D eigenvalue weighted by Crippen LogP contribution is 2.32. The van der Waals surface area contributed by atoms with Gasteiger partial charge in [-0.1, -0.05) is 30.3 Å². The SMILES string of the molecule is Cc1ccc(C)c(S(=O)(=O)N(C)CC(=O)N2c3ccccc3CC2C)c1. The summed E-state index contributed by atoms with van der Waals surface area (Å²) in [6.07, 6.45) is 0.787. The van der Waals surface area contributed by atoms with Gasteiger partial charge in [0.25, 0.3) is 0 Å². The van der Waals surface area contributed by atoms with E-state index >= 15 is 0 Å². The fourth-order valence-electron chi connectivity index (χ4n) is 3.45. The average molecular weight is 372 g/mol. The van der Waals surface area contributed by atoms with E-state index < -0.39 is 10.0 Å². The molecule has 0 spiro atoms. The molecule has 1 aliphatic heterocycles. The topological polar surface area (TPSA) is 57.7 Å². The molecule has 0 saturated heterocycles. The van der Waals surface area contributed by atoms with Crippen molar-refractivity contribution in [2.75, 3.05) is 18.5 Å². The minimum atomic E-state index is -3.73. The monoisotopic (exact) mass is 372 g/mol. The number of benzene rings is 2. The van der Waals surface area contributed by atoms with Crippen LogP contribution in [0, 0.1) is 13.8 Å². The Balaban J connectivity index is 1.84. The van der Waals surface area contributed by atoms with Gasteiger partial charge in [0.05, 0.1) is 11.4 Å². The Hall–Kier alpha value is -2.18. The molecule has 0 bridgehead atoms. The third-order valence-corrected chi connectivity index (χ3v) is 6.81. The molecule has 26 heavy (non-hydrogen) atoms. The second-order valence-corrected chi connectivity index (χ2v) is 8.99. The molecule has 1 aliphatic rings. The first-order valence-electron chi connectivity index (χ1n) is 8.65. The van der Waals surface area contributed by atoms with Crippen LogP contribution in [0.1, 0.15) is 23.6 Å². The normalized spacial score (nSPS) is 16.8. The summed E-state index contributed by atoms with van der Waals surface area (Å²) < 4.78 is 27.0. The summed E-state index contributed by atoms with van der Waals surface area (Å²) in [7, 11) is -2.27. The molecule has 2 aromatic rings. The molecule has 1 heterocycles. The highest BCUT2D eigenvalue weighted by atomic mass is 32.2. The van der Waals surface area contributed by atoms with E-state index in [0.29, 0.717) is 5.56 Å². The molecule has 0 fully saturated rings. The lowest BCUT2D eigenvalue weighted by Gasteiger charge is -2.26. The quantitative estimate of drug-likeness (QED) is 0.829. The Labute approximate surface area is 155 Å². The number of hydrogen-bond donors (Lipinski definition) is 0. The van der Waals surface area contributed by atoms with Gasteiger partial charge in [-0.15, -0.1) is 0 Å². The Morgan fingerprint density at radius 2 is 1.88 bits per heavy atom. The maximum Gasteiger partial charge on any atom is 0.243 e. The highest BCUT2D eigenvalue weighted by Gasteiger charge is 2.33. The minimum Gasteiger partial charge on any atom is -0.308 e. The van der Waals surface area contributed by atoms with E-state index in [0.717, 1.165) is 27.5 Å². The van der Waals surface area contributed by atoms with Crippen LogP contribution in [0.2, 0.25) is 0 Å². The number of hydrogen-bond acceptors (Lipinski definition) is 3. The van der Waals surface area contributed by atoms with Crippen molar-refractivity contribution in [3.05, 3.63) is 59.2 Å². The molecule has 0 N–H and O–H groups in total. The molecular formula is C20H24N2O3S. The molecule has 5 nitrogen and oxygen atoms in total. The first-order valence-corrected chi connectivity index (χ1v) is 10.1. The second-order valence-electron chi connectivity index (χ2n) is 6.98. The van der Waals surface area contributed by atoms with Crippen LogP contribution >= 0.6 is 0 Å². The van der Waals surface area contributed by atoms with Gasteiger partial charge in [0.1, 0.15) is 0 Å². The van der Waals surface area contributed by atoms with Gasteiger partial charge >= 0.3 is 0 Å². The van der Waals surface area contributed by atoms with Crippen molar-refractivity contribution in [3.63, 3.8) is 0 Å². The van der Waals surface area contributed by atoms with Crippen LogP contribution in [0.4, 0.5) is 5.69 Å². The van der Waals surface area contributed by atoms with Gasteiger partial charge in [0, 0.05) is 18.8 Å². The molecule has 2 aromatic carbocycles. The van der Waals surface area contributed by atoms with E-state index in [9.17, 15) is 13.2 Å². The summed E-state index contributed by atoms with van der Waals surface area (Å²) in [5.41, 5.74) is 3.54.